The molecule has 1 aromatic carbocycles. The van der Waals surface area contributed by atoms with Crippen LogP contribution in [0.4, 0.5) is 0 Å². The number of aliphatic hydroxyl groups excluding tert-OH is 1. The van der Waals surface area contributed by atoms with Crippen molar-refractivity contribution < 1.29 is 5.11 Å². The van der Waals surface area contributed by atoms with Gasteiger partial charge in [0.25, 0.3) is 0 Å². The van der Waals surface area contributed by atoms with Gasteiger partial charge in [0.2, 0.25) is 0 Å². The van der Waals surface area contributed by atoms with Crippen molar-refractivity contribution in [3.8, 4) is 0 Å². The van der Waals surface area contributed by atoms with E-state index in [1.165, 1.54) is 37.8 Å². The van der Waals surface area contributed by atoms with Crippen molar-refractivity contribution in [1.29, 1.82) is 0 Å². The van der Waals surface area contributed by atoms with Crippen LogP contribution >= 0.6 is 0 Å². The van der Waals surface area contributed by atoms with E-state index < -0.39 is 0 Å². The molecule has 1 aromatic rings. The van der Waals surface area contributed by atoms with Gasteiger partial charge in [-0.2, -0.15) is 0 Å². The highest BCUT2D eigenvalue weighted by atomic mass is 16.3. The molecule has 2 aliphatic rings. The van der Waals surface area contributed by atoms with Crippen LogP contribution in [0.3, 0.4) is 0 Å². The zero-order chi connectivity index (χ0) is 14.8. The monoisotopic (exact) mass is 288 g/mol. The van der Waals surface area contributed by atoms with Crippen molar-refractivity contribution in [1.82, 2.24) is 9.80 Å². The number of likely N-dealkylation sites (tertiary alicyclic amines) is 1. The lowest BCUT2D eigenvalue weighted by Crippen LogP contribution is -2.41. The number of fused-ring (bicyclic) bond motifs is 1. The Labute approximate surface area is 128 Å². The molecule has 3 rings (SSSR count). The topological polar surface area (TPSA) is 26.7 Å². The molecule has 1 N–H and O–H groups in total. The highest BCUT2D eigenvalue weighted by molar-refractivity contribution is 5.35. The van der Waals surface area contributed by atoms with Gasteiger partial charge in [0.05, 0.1) is 6.10 Å². The maximum atomic E-state index is 10.5. The van der Waals surface area contributed by atoms with Crippen molar-refractivity contribution in [3.63, 3.8) is 0 Å². The Morgan fingerprint density at radius 1 is 1.29 bits per heavy atom. The average Bonchev–Trinajstić information content (AvgIpc) is 2.84. The second-order valence-electron chi connectivity index (χ2n) is 6.81. The fourth-order valence-electron chi connectivity index (χ4n) is 3.98. The Morgan fingerprint density at radius 3 is 2.86 bits per heavy atom. The first kappa shape index (κ1) is 15.0. The summed E-state index contributed by atoms with van der Waals surface area (Å²) < 4.78 is 0. The van der Waals surface area contributed by atoms with Crippen molar-refractivity contribution in [3.05, 3.63) is 35.4 Å². The van der Waals surface area contributed by atoms with Gasteiger partial charge in [-0.1, -0.05) is 30.7 Å². The van der Waals surface area contributed by atoms with E-state index in [0.717, 1.165) is 24.6 Å². The number of benzene rings is 1. The van der Waals surface area contributed by atoms with Crippen LogP contribution in [0.25, 0.3) is 0 Å². The third-order valence-electron chi connectivity index (χ3n) is 5.47. The average molecular weight is 288 g/mol. The number of hydrogen-bond acceptors (Lipinski definition) is 3. The quantitative estimate of drug-likeness (QED) is 0.922. The van der Waals surface area contributed by atoms with Gasteiger partial charge in [0.1, 0.15) is 0 Å². The molecule has 3 atom stereocenters. The second-order valence-corrected chi connectivity index (χ2v) is 6.81. The Hall–Kier alpha value is -0.900. The third kappa shape index (κ3) is 3.15. The van der Waals surface area contributed by atoms with E-state index in [9.17, 15) is 5.11 Å². The maximum absolute atomic E-state index is 10.5. The smallest absolute Gasteiger partial charge is 0.0950 e. The molecule has 1 fully saturated rings. The summed E-state index contributed by atoms with van der Waals surface area (Å²) >= 11 is 0. The van der Waals surface area contributed by atoms with Crippen LogP contribution in [0.2, 0.25) is 0 Å². The molecule has 3 heteroatoms. The van der Waals surface area contributed by atoms with Crippen molar-refractivity contribution in [2.75, 3.05) is 27.2 Å². The Morgan fingerprint density at radius 2 is 2.10 bits per heavy atom. The van der Waals surface area contributed by atoms with Gasteiger partial charge in [-0.3, -0.25) is 0 Å². The molecule has 0 spiro atoms. The van der Waals surface area contributed by atoms with Gasteiger partial charge in [-0.25, -0.2) is 0 Å². The van der Waals surface area contributed by atoms with E-state index in [-0.39, 0.29) is 12.1 Å². The molecule has 3 unspecified atom stereocenters. The Bertz CT molecular complexity index is 476. The van der Waals surface area contributed by atoms with E-state index in [1.54, 1.807) is 0 Å². The molecule has 0 saturated carbocycles. The lowest BCUT2D eigenvalue weighted by atomic mass is 9.99. The predicted molar refractivity (Wildman–Crippen MR) is 86.4 cm³/mol. The summed E-state index contributed by atoms with van der Waals surface area (Å²) in [6, 6.07) is 9.30. The Balaban J connectivity index is 1.56. The van der Waals surface area contributed by atoms with E-state index in [0.29, 0.717) is 0 Å². The van der Waals surface area contributed by atoms with Crippen LogP contribution in [-0.2, 0) is 6.42 Å². The Kier molecular flexibility index (Phi) is 4.63. The molecule has 0 amide bonds. The zero-order valence-corrected chi connectivity index (χ0v) is 13.3. The minimum atomic E-state index is -0.324. The van der Waals surface area contributed by atoms with E-state index >= 15 is 0 Å². The molecule has 21 heavy (non-hydrogen) atoms. The minimum Gasteiger partial charge on any atom is -0.387 e. The first-order chi connectivity index (χ1) is 10.2. The first-order valence-corrected chi connectivity index (χ1v) is 8.33. The van der Waals surface area contributed by atoms with E-state index in [1.807, 2.05) is 6.07 Å². The van der Waals surface area contributed by atoms with Gasteiger partial charge in [-0.05, 0) is 64.0 Å². The van der Waals surface area contributed by atoms with Crippen LogP contribution < -0.4 is 0 Å². The first-order valence-electron chi connectivity index (χ1n) is 8.33. The molecule has 1 aliphatic heterocycles. The van der Waals surface area contributed by atoms with Crippen molar-refractivity contribution in [2.45, 2.75) is 50.3 Å². The lowest BCUT2D eigenvalue weighted by molar-refractivity contribution is 0.0672. The molecule has 1 heterocycles. The largest absolute Gasteiger partial charge is 0.387 e. The zero-order valence-electron chi connectivity index (χ0n) is 13.3. The SMILES string of the molecule is CN1CCCCC1CCN(C)C1Cc2ccccc2C1O. The van der Waals surface area contributed by atoms with Crippen LogP contribution in [0, 0.1) is 0 Å². The van der Waals surface area contributed by atoms with E-state index in [2.05, 4.69) is 42.1 Å². The summed E-state index contributed by atoms with van der Waals surface area (Å²) in [5.41, 5.74) is 2.45. The fourth-order valence-corrected chi connectivity index (χ4v) is 3.98. The molecule has 116 valence electrons. The summed E-state index contributed by atoms with van der Waals surface area (Å²) in [6.07, 6.45) is 5.92. The number of rotatable bonds is 4. The molecule has 3 nitrogen and oxygen atoms in total. The number of likely N-dealkylation sites (N-methyl/N-ethyl adjacent to an activating group) is 1. The number of piperidine rings is 1. The van der Waals surface area contributed by atoms with Gasteiger partial charge in [0.15, 0.2) is 0 Å². The minimum absolute atomic E-state index is 0.247. The van der Waals surface area contributed by atoms with Crippen molar-refractivity contribution in [2.24, 2.45) is 0 Å². The van der Waals surface area contributed by atoms with E-state index in [4.69, 9.17) is 0 Å². The van der Waals surface area contributed by atoms with Gasteiger partial charge in [-0.15, -0.1) is 0 Å². The third-order valence-corrected chi connectivity index (χ3v) is 5.47. The van der Waals surface area contributed by atoms with Gasteiger partial charge < -0.3 is 14.9 Å². The lowest BCUT2D eigenvalue weighted by Gasteiger charge is -2.35. The van der Waals surface area contributed by atoms with Crippen LogP contribution in [0.15, 0.2) is 24.3 Å². The summed E-state index contributed by atoms with van der Waals surface area (Å²) in [5, 5.41) is 10.5. The molecular weight excluding hydrogens is 260 g/mol. The number of hydrogen-bond donors (Lipinski definition) is 1. The highest BCUT2D eigenvalue weighted by Crippen LogP contribution is 2.34. The fraction of sp³-hybridized carbons (Fsp3) is 0.667. The summed E-state index contributed by atoms with van der Waals surface area (Å²) in [5.74, 6) is 0. The summed E-state index contributed by atoms with van der Waals surface area (Å²) in [4.78, 5) is 4.88. The number of aliphatic hydroxyl groups is 1. The molecular formula is C18H28N2O. The predicted octanol–water partition coefficient (Wildman–Crippen LogP) is 2.45. The number of nitrogens with zero attached hydrogens (tertiary/aromatic N) is 2. The van der Waals surface area contributed by atoms with Gasteiger partial charge in [0, 0.05) is 12.1 Å². The van der Waals surface area contributed by atoms with Crippen LogP contribution in [-0.4, -0.2) is 54.2 Å². The van der Waals surface area contributed by atoms with Gasteiger partial charge >= 0.3 is 0 Å². The highest BCUT2D eigenvalue weighted by Gasteiger charge is 2.33. The van der Waals surface area contributed by atoms with Crippen LogP contribution in [0.5, 0.6) is 0 Å². The van der Waals surface area contributed by atoms with Crippen molar-refractivity contribution >= 4 is 0 Å². The molecule has 0 bridgehead atoms. The molecule has 1 aliphatic carbocycles. The standard InChI is InChI=1S/C18H28N2O/c1-19-11-6-5-8-15(19)10-12-20(2)17-13-14-7-3-4-9-16(14)18(17)21/h3-4,7,9,15,17-18,21H,5-6,8,10-13H2,1-2H3. The normalized spacial score (nSPS) is 29.8. The summed E-state index contributed by atoms with van der Waals surface area (Å²) in [6.45, 7) is 2.32. The molecule has 0 radical (unpaired) electrons. The van der Waals surface area contributed by atoms with Crippen LogP contribution in [0.1, 0.15) is 42.9 Å². The molecule has 0 aromatic heterocycles. The second kappa shape index (κ2) is 6.47. The summed E-state index contributed by atoms with van der Waals surface area (Å²) in [7, 11) is 4.42. The maximum Gasteiger partial charge on any atom is 0.0950 e. The molecule has 1 saturated heterocycles.